The summed E-state index contributed by atoms with van der Waals surface area (Å²) in [6.45, 7) is 1.52. The summed E-state index contributed by atoms with van der Waals surface area (Å²) in [5.74, 6) is -0.191. The molecular weight excluding hydrogens is 194 g/mol. The number of hydrogen-bond acceptors (Lipinski definition) is 2. The summed E-state index contributed by atoms with van der Waals surface area (Å²) in [6.07, 6.45) is 3.67. The number of amides is 1. The van der Waals surface area contributed by atoms with Gasteiger partial charge < -0.3 is 10.4 Å². The summed E-state index contributed by atoms with van der Waals surface area (Å²) in [5.41, 5.74) is 0. The lowest BCUT2D eigenvalue weighted by molar-refractivity contribution is -0.148. The molecule has 2 bridgehead atoms. The SMILES string of the molecule is CC(=O)N[C@@H]1C[C@H]2CC[C@@H]1C[C@H]2C(=O)O. The lowest BCUT2D eigenvalue weighted by Crippen LogP contribution is -2.50. The second kappa shape index (κ2) is 3.83. The van der Waals surface area contributed by atoms with E-state index in [9.17, 15) is 9.59 Å². The molecule has 1 amide bonds. The van der Waals surface area contributed by atoms with Crippen molar-refractivity contribution in [3.05, 3.63) is 0 Å². The van der Waals surface area contributed by atoms with Gasteiger partial charge in [-0.15, -0.1) is 0 Å². The maximum Gasteiger partial charge on any atom is 0.306 e. The molecule has 0 aliphatic heterocycles. The lowest BCUT2D eigenvalue weighted by Gasteiger charge is -2.45. The highest BCUT2D eigenvalue weighted by molar-refractivity contribution is 5.73. The van der Waals surface area contributed by atoms with E-state index < -0.39 is 5.97 Å². The van der Waals surface area contributed by atoms with Gasteiger partial charge in [0.1, 0.15) is 0 Å². The first-order valence-corrected chi connectivity index (χ1v) is 5.58. The van der Waals surface area contributed by atoms with Crippen molar-refractivity contribution in [1.82, 2.24) is 5.32 Å². The van der Waals surface area contributed by atoms with Gasteiger partial charge in [-0.1, -0.05) is 0 Å². The average molecular weight is 211 g/mol. The normalized spacial score (nSPS) is 38.7. The quantitative estimate of drug-likeness (QED) is 0.716. The van der Waals surface area contributed by atoms with E-state index in [2.05, 4.69) is 5.32 Å². The Morgan fingerprint density at radius 3 is 2.33 bits per heavy atom. The van der Waals surface area contributed by atoms with Gasteiger partial charge >= 0.3 is 5.97 Å². The Kier molecular flexibility index (Phi) is 2.67. The number of carbonyl (C=O) groups is 2. The molecule has 4 atom stereocenters. The Bertz CT molecular complexity index is 290. The van der Waals surface area contributed by atoms with Crippen LogP contribution in [0.3, 0.4) is 0 Å². The molecule has 0 saturated heterocycles. The zero-order valence-electron chi connectivity index (χ0n) is 8.90. The highest BCUT2D eigenvalue weighted by Crippen LogP contribution is 2.45. The number of carbonyl (C=O) groups excluding carboxylic acids is 1. The molecule has 0 aromatic rings. The molecule has 3 saturated carbocycles. The zero-order valence-corrected chi connectivity index (χ0v) is 8.90. The minimum absolute atomic E-state index is 0.000532. The molecule has 3 aliphatic rings. The first kappa shape index (κ1) is 10.5. The third-order valence-electron chi connectivity index (χ3n) is 3.87. The van der Waals surface area contributed by atoms with Crippen molar-refractivity contribution in [1.29, 1.82) is 0 Å². The Labute approximate surface area is 89.0 Å². The van der Waals surface area contributed by atoms with E-state index >= 15 is 0 Å². The number of rotatable bonds is 2. The third-order valence-corrected chi connectivity index (χ3v) is 3.87. The maximum atomic E-state index is 11.0. The minimum Gasteiger partial charge on any atom is -0.481 e. The molecule has 0 aromatic carbocycles. The van der Waals surface area contributed by atoms with E-state index in [0.717, 1.165) is 25.7 Å². The van der Waals surface area contributed by atoms with Crippen LogP contribution in [0.15, 0.2) is 0 Å². The number of nitrogens with one attached hydrogen (secondary N) is 1. The van der Waals surface area contributed by atoms with E-state index in [0.29, 0.717) is 5.92 Å². The van der Waals surface area contributed by atoms with Crippen molar-refractivity contribution in [2.24, 2.45) is 17.8 Å². The van der Waals surface area contributed by atoms with E-state index in [-0.39, 0.29) is 23.8 Å². The second-order valence-corrected chi connectivity index (χ2v) is 4.82. The van der Waals surface area contributed by atoms with Gasteiger partial charge in [-0.3, -0.25) is 9.59 Å². The van der Waals surface area contributed by atoms with Gasteiger partial charge in [0.15, 0.2) is 0 Å². The molecule has 0 heterocycles. The van der Waals surface area contributed by atoms with Crippen molar-refractivity contribution in [2.45, 2.75) is 38.6 Å². The lowest BCUT2D eigenvalue weighted by atomic mass is 9.62. The standard InChI is InChI=1S/C11H17NO3/c1-6(13)12-10-5-7-2-3-8(10)4-9(7)11(14)15/h7-10H,2-5H2,1H3,(H,12,13)(H,14,15)/t7-,8-,9-,10-/m1/s1. The molecule has 3 fully saturated rings. The fourth-order valence-electron chi connectivity index (χ4n) is 3.17. The van der Waals surface area contributed by atoms with Gasteiger partial charge in [0.25, 0.3) is 0 Å². The van der Waals surface area contributed by atoms with E-state index in [4.69, 9.17) is 5.11 Å². The number of carboxylic acid groups (broad SMARTS) is 1. The average Bonchev–Trinajstić information content (AvgIpc) is 2.17. The molecule has 84 valence electrons. The highest BCUT2D eigenvalue weighted by Gasteiger charge is 2.44. The Morgan fingerprint density at radius 2 is 1.87 bits per heavy atom. The van der Waals surface area contributed by atoms with Crippen molar-refractivity contribution in [3.63, 3.8) is 0 Å². The Morgan fingerprint density at radius 1 is 1.20 bits per heavy atom. The summed E-state index contributed by atoms with van der Waals surface area (Å²) in [7, 11) is 0. The van der Waals surface area contributed by atoms with Crippen LogP contribution in [0.2, 0.25) is 0 Å². The topological polar surface area (TPSA) is 66.4 Å². The third kappa shape index (κ3) is 1.98. The van der Waals surface area contributed by atoms with Crippen LogP contribution in [0.5, 0.6) is 0 Å². The van der Waals surface area contributed by atoms with Crippen LogP contribution in [0.1, 0.15) is 32.6 Å². The van der Waals surface area contributed by atoms with Crippen LogP contribution in [0.4, 0.5) is 0 Å². The largest absolute Gasteiger partial charge is 0.481 e. The molecule has 4 nitrogen and oxygen atoms in total. The van der Waals surface area contributed by atoms with Gasteiger partial charge in [0.05, 0.1) is 5.92 Å². The molecule has 15 heavy (non-hydrogen) atoms. The van der Waals surface area contributed by atoms with Crippen LogP contribution < -0.4 is 5.32 Å². The van der Waals surface area contributed by atoms with Crippen LogP contribution in [0.25, 0.3) is 0 Å². The summed E-state index contributed by atoms with van der Waals surface area (Å²) >= 11 is 0. The number of fused-ring (bicyclic) bond motifs is 3. The molecule has 0 unspecified atom stereocenters. The fraction of sp³-hybridized carbons (Fsp3) is 0.818. The Balaban J connectivity index is 2.02. The smallest absolute Gasteiger partial charge is 0.306 e. The van der Waals surface area contributed by atoms with Gasteiger partial charge in [-0.25, -0.2) is 0 Å². The summed E-state index contributed by atoms with van der Waals surface area (Å²) in [6, 6.07) is 0.219. The van der Waals surface area contributed by atoms with Crippen molar-refractivity contribution >= 4 is 11.9 Å². The van der Waals surface area contributed by atoms with Crippen LogP contribution in [-0.2, 0) is 9.59 Å². The molecule has 2 N–H and O–H groups in total. The predicted octanol–water partition coefficient (Wildman–Crippen LogP) is 1.01. The molecule has 0 aromatic heterocycles. The van der Waals surface area contributed by atoms with Crippen molar-refractivity contribution < 1.29 is 14.7 Å². The van der Waals surface area contributed by atoms with Gasteiger partial charge in [-0.2, -0.15) is 0 Å². The first-order chi connectivity index (χ1) is 7.08. The molecule has 0 spiro atoms. The van der Waals surface area contributed by atoms with Gasteiger partial charge in [0, 0.05) is 13.0 Å². The summed E-state index contributed by atoms with van der Waals surface area (Å²) < 4.78 is 0. The molecular formula is C11H17NO3. The predicted molar refractivity (Wildman–Crippen MR) is 54.2 cm³/mol. The van der Waals surface area contributed by atoms with Crippen LogP contribution >= 0.6 is 0 Å². The van der Waals surface area contributed by atoms with Crippen molar-refractivity contribution in [3.8, 4) is 0 Å². The van der Waals surface area contributed by atoms with Crippen LogP contribution in [-0.4, -0.2) is 23.0 Å². The molecule has 3 aliphatic carbocycles. The molecule has 4 heteroatoms. The van der Waals surface area contributed by atoms with E-state index in [1.54, 1.807) is 0 Å². The fourth-order valence-corrected chi connectivity index (χ4v) is 3.17. The van der Waals surface area contributed by atoms with Crippen molar-refractivity contribution in [2.75, 3.05) is 0 Å². The van der Waals surface area contributed by atoms with Gasteiger partial charge in [0.2, 0.25) is 5.91 Å². The number of hydrogen-bond donors (Lipinski definition) is 2. The first-order valence-electron chi connectivity index (χ1n) is 5.58. The number of carboxylic acids is 1. The minimum atomic E-state index is -0.661. The zero-order chi connectivity index (χ0) is 11.0. The number of aliphatic carboxylic acids is 1. The maximum absolute atomic E-state index is 11.0. The summed E-state index contributed by atoms with van der Waals surface area (Å²) in [4.78, 5) is 22.0. The Hall–Kier alpha value is -1.06. The molecule has 3 rings (SSSR count). The second-order valence-electron chi connectivity index (χ2n) is 4.82. The van der Waals surface area contributed by atoms with E-state index in [1.165, 1.54) is 6.92 Å². The van der Waals surface area contributed by atoms with Gasteiger partial charge in [-0.05, 0) is 37.5 Å². The monoisotopic (exact) mass is 211 g/mol. The summed E-state index contributed by atoms with van der Waals surface area (Å²) in [5, 5.41) is 12.0. The highest BCUT2D eigenvalue weighted by atomic mass is 16.4. The molecule has 0 radical (unpaired) electrons. The van der Waals surface area contributed by atoms with Crippen LogP contribution in [0, 0.1) is 17.8 Å². The van der Waals surface area contributed by atoms with E-state index in [1.807, 2.05) is 0 Å².